The number of esters is 3. The molecule has 1 unspecified atom stereocenters. The molecular weight excluding hydrogens is 865 g/mol. The molecular formula is C64H106O6. The van der Waals surface area contributed by atoms with Crippen molar-refractivity contribution in [1.29, 1.82) is 0 Å². The molecule has 0 heterocycles. The molecule has 0 saturated heterocycles. The van der Waals surface area contributed by atoms with Crippen LogP contribution in [-0.4, -0.2) is 37.2 Å². The lowest BCUT2D eigenvalue weighted by molar-refractivity contribution is -0.167. The van der Waals surface area contributed by atoms with Crippen molar-refractivity contribution in [2.75, 3.05) is 13.2 Å². The van der Waals surface area contributed by atoms with Gasteiger partial charge in [-0.2, -0.15) is 0 Å². The fourth-order valence-corrected chi connectivity index (χ4v) is 7.74. The van der Waals surface area contributed by atoms with Gasteiger partial charge in [0.2, 0.25) is 0 Å². The zero-order valence-corrected chi connectivity index (χ0v) is 45.5. The largest absolute Gasteiger partial charge is 0.462 e. The van der Waals surface area contributed by atoms with E-state index in [1.165, 1.54) is 96.3 Å². The second-order valence-corrected chi connectivity index (χ2v) is 18.8. The van der Waals surface area contributed by atoms with Crippen LogP contribution in [0.25, 0.3) is 0 Å². The Hall–Kier alpha value is -3.93. The topological polar surface area (TPSA) is 78.9 Å². The number of ether oxygens (including phenoxy) is 3. The fourth-order valence-electron chi connectivity index (χ4n) is 7.74. The van der Waals surface area contributed by atoms with Crippen LogP contribution in [0.2, 0.25) is 0 Å². The normalized spacial score (nSPS) is 12.9. The molecule has 0 radical (unpaired) electrons. The molecule has 6 heteroatoms. The number of carbonyl (C=O) groups is 3. The van der Waals surface area contributed by atoms with Crippen molar-refractivity contribution in [3.05, 3.63) is 109 Å². The summed E-state index contributed by atoms with van der Waals surface area (Å²) >= 11 is 0. The summed E-state index contributed by atoms with van der Waals surface area (Å²) in [5.74, 6) is -0.970. The molecule has 0 aromatic carbocycles. The van der Waals surface area contributed by atoms with E-state index in [1.54, 1.807) is 0 Å². The Morgan fingerprint density at radius 3 is 0.871 bits per heavy atom. The number of rotatable bonds is 51. The third-order valence-electron chi connectivity index (χ3n) is 12.0. The monoisotopic (exact) mass is 971 g/mol. The van der Waals surface area contributed by atoms with E-state index < -0.39 is 6.10 Å². The summed E-state index contributed by atoms with van der Waals surface area (Å²) in [4.78, 5) is 37.8. The lowest BCUT2D eigenvalue weighted by Gasteiger charge is -2.18. The van der Waals surface area contributed by atoms with Gasteiger partial charge < -0.3 is 14.2 Å². The highest BCUT2D eigenvalue weighted by Crippen LogP contribution is 2.16. The summed E-state index contributed by atoms with van der Waals surface area (Å²) in [5, 5.41) is 0. The average Bonchev–Trinajstić information content (AvgIpc) is 3.36. The van der Waals surface area contributed by atoms with Gasteiger partial charge in [0.15, 0.2) is 6.10 Å². The summed E-state index contributed by atoms with van der Waals surface area (Å²) < 4.78 is 16.7. The summed E-state index contributed by atoms with van der Waals surface area (Å²) in [7, 11) is 0. The molecule has 6 nitrogen and oxygen atoms in total. The Balaban J connectivity index is 4.22. The molecule has 0 saturated carbocycles. The van der Waals surface area contributed by atoms with E-state index in [4.69, 9.17) is 14.2 Å². The highest BCUT2D eigenvalue weighted by atomic mass is 16.6. The first-order valence-electron chi connectivity index (χ1n) is 28.9. The first kappa shape index (κ1) is 66.1. The maximum atomic E-state index is 12.8. The van der Waals surface area contributed by atoms with Crippen LogP contribution in [0.3, 0.4) is 0 Å². The van der Waals surface area contributed by atoms with Gasteiger partial charge in [0, 0.05) is 19.3 Å². The first-order chi connectivity index (χ1) is 34.5. The first-order valence-corrected chi connectivity index (χ1v) is 28.9. The Labute approximate surface area is 431 Å². The zero-order chi connectivity index (χ0) is 50.7. The quantitative estimate of drug-likeness (QED) is 0.0262. The molecule has 1 atom stereocenters. The average molecular weight is 972 g/mol. The molecule has 398 valence electrons. The maximum Gasteiger partial charge on any atom is 0.306 e. The van der Waals surface area contributed by atoms with Crippen LogP contribution in [0.5, 0.6) is 0 Å². The van der Waals surface area contributed by atoms with Crippen LogP contribution in [0, 0.1) is 0 Å². The van der Waals surface area contributed by atoms with Crippen molar-refractivity contribution in [3.63, 3.8) is 0 Å². The predicted molar refractivity (Wildman–Crippen MR) is 302 cm³/mol. The lowest BCUT2D eigenvalue weighted by Crippen LogP contribution is -2.30. The summed E-state index contributed by atoms with van der Waals surface area (Å²) in [6, 6.07) is 0. The molecule has 0 aliphatic heterocycles. The van der Waals surface area contributed by atoms with Gasteiger partial charge in [-0.15, -0.1) is 0 Å². The van der Waals surface area contributed by atoms with Gasteiger partial charge in [-0.1, -0.05) is 265 Å². The van der Waals surface area contributed by atoms with Crippen molar-refractivity contribution >= 4 is 17.9 Å². The van der Waals surface area contributed by atoms with Gasteiger partial charge in [-0.25, -0.2) is 0 Å². The number of allylic oxidation sites excluding steroid dienone is 18. The molecule has 0 bridgehead atoms. The Bertz CT molecular complexity index is 1440. The number of hydrogen-bond donors (Lipinski definition) is 0. The maximum absolute atomic E-state index is 12.8. The molecule has 0 aliphatic rings. The van der Waals surface area contributed by atoms with Crippen LogP contribution >= 0.6 is 0 Å². The molecule has 0 fully saturated rings. The van der Waals surface area contributed by atoms with Gasteiger partial charge >= 0.3 is 17.9 Å². The van der Waals surface area contributed by atoms with E-state index >= 15 is 0 Å². The zero-order valence-electron chi connectivity index (χ0n) is 45.5. The van der Waals surface area contributed by atoms with Gasteiger partial charge in [0.25, 0.3) is 0 Å². The van der Waals surface area contributed by atoms with Crippen molar-refractivity contribution < 1.29 is 28.6 Å². The van der Waals surface area contributed by atoms with Crippen LogP contribution in [0.1, 0.15) is 258 Å². The summed E-state index contributed by atoms with van der Waals surface area (Å²) in [5.41, 5.74) is 0. The van der Waals surface area contributed by atoms with E-state index in [0.717, 1.165) is 116 Å². The minimum absolute atomic E-state index is 0.0958. The van der Waals surface area contributed by atoms with Crippen LogP contribution in [0.15, 0.2) is 109 Å². The van der Waals surface area contributed by atoms with E-state index in [9.17, 15) is 14.4 Å². The molecule has 0 amide bonds. The van der Waals surface area contributed by atoms with Crippen molar-refractivity contribution in [2.45, 2.75) is 264 Å². The smallest absolute Gasteiger partial charge is 0.306 e. The van der Waals surface area contributed by atoms with Crippen molar-refractivity contribution in [2.24, 2.45) is 0 Å². The SMILES string of the molecule is CC/C=C\C/C=C\C/C=C\C/C=C\C/C=C\C/C=C\C/C=C\C/C=C\C/C=C\CCCC(=O)OCC(COC(=O)CCCCCCC)OC(=O)CCCCCCCCCCCCCCCCCCCC. The Morgan fingerprint density at radius 2 is 0.557 bits per heavy atom. The summed E-state index contributed by atoms with van der Waals surface area (Å²) in [6.07, 6.45) is 78.5. The highest BCUT2D eigenvalue weighted by molar-refractivity contribution is 5.71. The molecule has 0 aromatic heterocycles. The van der Waals surface area contributed by atoms with Crippen LogP contribution < -0.4 is 0 Å². The third-order valence-corrected chi connectivity index (χ3v) is 12.0. The lowest BCUT2D eigenvalue weighted by atomic mass is 10.0. The van der Waals surface area contributed by atoms with Gasteiger partial charge in [-0.3, -0.25) is 14.4 Å². The van der Waals surface area contributed by atoms with Gasteiger partial charge in [0.1, 0.15) is 13.2 Å². The summed E-state index contributed by atoms with van der Waals surface area (Å²) in [6.45, 7) is 6.40. The molecule has 70 heavy (non-hydrogen) atoms. The van der Waals surface area contributed by atoms with Crippen LogP contribution in [0.4, 0.5) is 0 Å². The number of carbonyl (C=O) groups excluding carboxylic acids is 3. The van der Waals surface area contributed by atoms with E-state index in [-0.39, 0.29) is 37.5 Å². The van der Waals surface area contributed by atoms with E-state index in [2.05, 4.69) is 130 Å². The van der Waals surface area contributed by atoms with Crippen molar-refractivity contribution in [1.82, 2.24) is 0 Å². The van der Waals surface area contributed by atoms with Crippen LogP contribution in [-0.2, 0) is 28.6 Å². The highest BCUT2D eigenvalue weighted by Gasteiger charge is 2.19. The van der Waals surface area contributed by atoms with Gasteiger partial charge in [-0.05, 0) is 83.5 Å². The van der Waals surface area contributed by atoms with Gasteiger partial charge in [0.05, 0.1) is 0 Å². The molecule has 0 spiro atoms. The molecule has 0 rings (SSSR count). The molecule has 0 N–H and O–H groups in total. The Kier molecular flexibility index (Phi) is 54.4. The van der Waals surface area contributed by atoms with E-state index in [0.29, 0.717) is 19.3 Å². The van der Waals surface area contributed by atoms with Crippen molar-refractivity contribution in [3.8, 4) is 0 Å². The molecule has 0 aromatic rings. The third kappa shape index (κ3) is 55.0. The number of hydrogen-bond acceptors (Lipinski definition) is 6. The Morgan fingerprint density at radius 1 is 0.300 bits per heavy atom. The number of unbranched alkanes of at least 4 members (excludes halogenated alkanes) is 22. The second kappa shape index (κ2) is 57.6. The second-order valence-electron chi connectivity index (χ2n) is 18.8. The minimum atomic E-state index is -0.797. The van der Waals surface area contributed by atoms with E-state index in [1.807, 2.05) is 0 Å². The predicted octanol–water partition coefficient (Wildman–Crippen LogP) is 19.5. The standard InChI is InChI=1S/C64H106O6/c1-4-7-10-13-15-17-19-21-23-25-27-28-29-30-31-32-33-34-35-36-37-39-40-42-44-46-48-51-54-57-63(66)69-60-61(59-68-62(65)56-53-50-12-9-6-3)70-64(67)58-55-52-49-47-45-43-41-38-26-24-22-20-18-16-14-11-8-5-2/h7,10,15,17,21,23,27-28,30-31,33-34,36-37,40,42,46,48,61H,4-6,8-9,11-14,16,18-20,22,24-26,29,32,35,38-39,41,43-45,47,49-60H2,1-3H3/b10-7-,17-15-,23-21-,28-27-,31-30-,34-33-,37-36-,42-40-,48-46-. The fraction of sp³-hybridized carbons (Fsp3) is 0.672. The minimum Gasteiger partial charge on any atom is -0.462 e. The molecule has 0 aliphatic carbocycles.